The molecule has 6 atom stereocenters. The summed E-state index contributed by atoms with van der Waals surface area (Å²) in [6.07, 6.45) is 31.3. The largest absolute Gasteiger partial charge is 0.322 e. The number of hydrogen-bond donors (Lipinski definition) is 3. The first kappa shape index (κ1) is 35.3. The Balaban J connectivity index is 1.29. The average Bonchev–Trinajstić information content (AvgIpc) is 3.48. The minimum Gasteiger partial charge on any atom is -0.322 e. The van der Waals surface area contributed by atoms with Gasteiger partial charge in [-0.05, 0) is 103 Å². The second-order valence-electron chi connectivity index (χ2n) is 18.1. The van der Waals surface area contributed by atoms with E-state index in [0.717, 1.165) is 44.3 Å². The highest BCUT2D eigenvalue weighted by Crippen LogP contribution is 2.51. The molecule has 5 nitrogen and oxygen atoms in total. The summed E-state index contributed by atoms with van der Waals surface area (Å²) >= 11 is 0. The maximum atomic E-state index is 5.53. The van der Waals surface area contributed by atoms with Crippen LogP contribution >= 0.6 is 0 Å². The SMILES string of the molecule is CC(C)(C)C1=CC2C3=C(CCC(C(C)(C)C)=C3)N(c3ncc(C4=CC=CCC4)cc3C3NC(C4CC=CCC4)NC(C)(c4ccccc4)N3)C2C=C1. The Hall–Kier alpha value is -3.77. The highest BCUT2D eigenvalue weighted by Gasteiger charge is 2.46. The number of allylic oxidation sites excluding steroid dienone is 11. The molecule has 1 aromatic carbocycles. The molecule has 1 saturated heterocycles. The lowest BCUT2D eigenvalue weighted by Crippen LogP contribution is -2.69. The Morgan fingerprint density at radius 1 is 0.904 bits per heavy atom. The number of hydrogen-bond acceptors (Lipinski definition) is 5. The van der Waals surface area contributed by atoms with Crippen LogP contribution in [0.5, 0.6) is 0 Å². The number of pyridine rings is 1. The van der Waals surface area contributed by atoms with Crippen LogP contribution in [0.3, 0.4) is 0 Å². The third kappa shape index (κ3) is 6.65. The van der Waals surface area contributed by atoms with E-state index in [-0.39, 0.29) is 35.1 Å². The lowest BCUT2D eigenvalue weighted by Gasteiger charge is -2.49. The van der Waals surface area contributed by atoms with Crippen LogP contribution in [-0.4, -0.2) is 17.2 Å². The summed E-state index contributed by atoms with van der Waals surface area (Å²) in [5.74, 6) is 1.86. The first-order valence-corrected chi connectivity index (χ1v) is 19.9. The number of aromatic nitrogens is 1. The maximum Gasteiger partial charge on any atom is 0.139 e. The zero-order valence-electron chi connectivity index (χ0n) is 32.5. The Bertz CT molecular complexity index is 1910. The molecule has 5 heteroatoms. The van der Waals surface area contributed by atoms with Gasteiger partial charge in [-0.15, -0.1) is 0 Å². The fourth-order valence-corrected chi connectivity index (χ4v) is 9.31. The van der Waals surface area contributed by atoms with E-state index in [1.54, 1.807) is 5.57 Å². The van der Waals surface area contributed by atoms with Gasteiger partial charge in [0.1, 0.15) is 5.82 Å². The van der Waals surface area contributed by atoms with E-state index in [1.165, 1.54) is 45.5 Å². The first-order valence-electron chi connectivity index (χ1n) is 19.9. The number of anilines is 1. The van der Waals surface area contributed by atoms with Gasteiger partial charge >= 0.3 is 0 Å². The molecule has 3 N–H and O–H groups in total. The fourth-order valence-electron chi connectivity index (χ4n) is 9.31. The Kier molecular flexibility index (Phi) is 9.21. The minimum absolute atomic E-state index is 0.0855. The van der Waals surface area contributed by atoms with Crippen LogP contribution in [0.2, 0.25) is 0 Å². The van der Waals surface area contributed by atoms with Gasteiger partial charge in [-0.25, -0.2) is 4.98 Å². The third-order valence-electron chi connectivity index (χ3n) is 12.4. The molecular weight excluding hydrogens is 635 g/mol. The standard InChI is InChI=1S/C47H59N5/c1-45(2,3)35-23-25-40-37(28-35)38-29-36(46(4,5)6)24-26-41(38)52(40)44-39(27-33(30-48-44)31-17-11-8-12-18-31)43-49-42(32-19-13-9-14-20-32)50-47(7,51-43)34-21-15-10-16-22-34/h8-11,13,15-17,21-23,25,27-30,32,37,40,42-43,49-51H,12,14,18-20,24,26H2,1-7H3. The maximum absolute atomic E-state index is 5.53. The molecule has 2 aliphatic heterocycles. The van der Waals surface area contributed by atoms with Crippen molar-refractivity contribution in [3.8, 4) is 0 Å². The van der Waals surface area contributed by atoms with Crippen LogP contribution < -0.4 is 20.9 Å². The molecular formula is C47H59N5. The molecule has 6 unspecified atom stereocenters. The van der Waals surface area contributed by atoms with Gasteiger partial charge in [0, 0.05) is 23.4 Å². The molecule has 0 bridgehead atoms. The summed E-state index contributed by atoms with van der Waals surface area (Å²) in [5, 5.41) is 12.3. The molecule has 0 spiro atoms. The lowest BCUT2D eigenvalue weighted by molar-refractivity contribution is 0.0865. The van der Waals surface area contributed by atoms with Crippen LogP contribution in [-0.2, 0) is 5.66 Å². The van der Waals surface area contributed by atoms with Crippen LogP contribution in [0.1, 0.15) is 116 Å². The van der Waals surface area contributed by atoms with E-state index in [2.05, 4.69) is 167 Å². The van der Waals surface area contributed by atoms with E-state index in [9.17, 15) is 0 Å². The van der Waals surface area contributed by atoms with Crippen LogP contribution in [0, 0.1) is 22.7 Å². The summed E-state index contributed by atoms with van der Waals surface area (Å²) in [7, 11) is 0. The van der Waals surface area contributed by atoms with Gasteiger partial charge in [-0.2, -0.15) is 0 Å². The van der Waals surface area contributed by atoms with Gasteiger partial charge in [-0.1, -0.05) is 132 Å². The van der Waals surface area contributed by atoms with E-state index in [1.807, 2.05) is 0 Å². The van der Waals surface area contributed by atoms with E-state index < -0.39 is 5.66 Å². The minimum atomic E-state index is -0.439. The van der Waals surface area contributed by atoms with Gasteiger partial charge in [0.25, 0.3) is 0 Å². The molecule has 52 heavy (non-hydrogen) atoms. The number of nitrogens with one attached hydrogen (secondary N) is 3. The van der Waals surface area contributed by atoms with Crippen molar-refractivity contribution in [3.63, 3.8) is 0 Å². The van der Waals surface area contributed by atoms with Gasteiger partial charge < -0.3 is 4.90 Å². The Morgan fingerprint density at radius 3 is 2.44 bits per heavy atom. The summed E-state index contributed by atoms with van der Waals surface area (Å²) < 4.78 is 0. The normalized spacial score (nSPS) is 30.5. The second-order valence-corrected chi connectivity index (χ2v) is 18.1. The van der Waals surface area contributed by atoms with E-state index in [0.29, 0.717) is 5.92 Å². The summed E-state index contributed by atoms with van der Waals surface area (Å²) in [6.45, 7) is 16.5. The van der Waals surface area contributed by atoms with Crippen molar-refractivity contribution >= 4 is 11.4 Å². The van der Waals surface area contributed by atoms with Crippen molar-refractivity contribution in [1.82, 2.24) is 20.9 Å². The zero-order valence-corrected chi connectivity index (χ0v) is 32.5. The van der Waals surface area contributed by atoms with Gasteiger partial charge in [0.15, 0.2) is 0 Å². The monoisotopic (exact) mass is 693 g/mol. The smallest absolute Gasteiger partial charge is 0.139 e. The molecule has 0 saturated carbocycles. The topological polar surface area (TPSA) is 52.2 Å². The molecule has 0 amide bonds. The zero-order chi connectivity index (χ0) is 36.3. The van der Waals surface area contributed by atoms with Crippen molar-refractivity contribution in [3.05, 3.63) is 136 Å². The van der Waals surface area contributed by atoms with Crippen LogP contribution in [0.25, 0.3) is 5.57 Å². The number of rotatable bonds is 5. The predicted molar refractivity (Wildman–Crippen MR) is 217 cm³/mol. The van der Waals surface area contributed by atoms with Crippen molar-refractivity contribution in [2.45, 2.75) is 117 Å². The molecule has 2 aromatic rings. The summed E-state index contributed by atoms with van der Waals surface area (Å²) in [4.78, 5) is 8.17. The fraction of sp³-hybridized carbons (Fsp3) is 0.468. The molecule has 8 rings (SSSR count). The summed E-state index contributed by atoms with van der Waals surface area (Å²) in [6, 6.07) is 13.6. The molecule has 6 aliphatic rings. The number of benzene rings is 1. The molecule has 4 aliphatic carbocycles. The van der Waals surface area contributed by atoms with Crippen LogP contribution in [0.4, 0.5) is 5.82 Å². The molecule has 272 valence electrons. The highest BCUT2D eigenvalue weighted by atomic mass is 15.4. The number of fused-ring (bicyclic) bond motifs is 2. The molecule has 1 aromatic heterocycles. The van der Waals surface area contributed by atoms with E-state index >= 15 is 0 Å². The van der Waals surface area contributed by atoms with Gasteiger partial charge in [-0.3, -0.25) is 16.0 Å². The molecule has 3 heterocycles. The molecule has 1 fully saturated rings. The highest BCUT2D eigenvalue weighted by molar-refractivity contribution is 5.72. The van der Waals surface area contributed by atoms with Crippen molar-refractivity contribution in [1.29, 1.82) is 0 Å². The average molecular weight is 694 g/mol. The predicted octanol–water partition coefficient (Wildman–Crippen LogP) is 10.5. The van der Waals surface area contributed by atoms with Crippen LogP contribution in [0.15, 0.2) is 120 Å². The first-order chi connectivity index (χ1) is 24.9. The summed E-state index contributed by atoms with van der Waals surface area (Å²) in [5.41, 5.74) is 10.7. The molecule has 0 radical (unpaired) electrons. The van der Waals surface area contributed by atoms with Crippen molar-refractivity contribution in [2.24, 2.45) is 22.7 Å². The van der Waals surface area contributed by atoms with Gasteiger partial charge in [0.05, 0.1) is 24.0 Å². The van der Waals surface area contributed by atoms with Gasteiger partial charge in [0.2, 0.25) is 0 Å². The quantitative estimate of drug-likeness (QED) is 0.272. The lowest BCUT2D eigenvalue weighted by atomic mass is 9.75. The van der Waals surface area contributed by atoms with Crippen molar-refractivity contribution in [2.75, 3.05) is 4.90 Å². The Labute approximate surface area is 312 Å². The Morgan fingerprint density at radius 2 is 1.73 bits per heavy atom. The van der Waals surface area contributed by atoms with Crippen molar-refractivity contribution < 1.29 is 0 Å². The third-order valence-corrected chi connectivity index (χ3v) is 12.4. The second kappa shape index (κ2) is 13.6. The number of nitrogens with zero attached hydrogens (tertiary/aromatic N) is 2. The van der Waals surface area contributed by atoms with E-state index in [4.69, 9.17) is 4.98 Å².